The van der Waals surface area contributed by atoms with Crippen molar-refractivity contribution in [3.8, 4) is 0 Å². The molecular formula is C13H14N2O4. The number of fused-ring (bicyclic) bond motifs is 1. The number of carboxylic acids is 1. The van der Waals surface area contributed by atoms with Crippen molar-refractivity contribution in [3.63, 3.8) is 0 Å². The molecule has 100 valence electrons. The molecule has 1 aliphatic rings. The second-order valence-electron chi connectivity index (χ2n) is 4.40. The maximum Gasteiger partial charge on any atom is 0.303 e. The topological polar surface area (TPSA) is 101 Å². The summed E-state index contributed by atoms with van der Waals surface area (Å²) in [4.78, 5) is 35.4. The lowest BCUT2D eigenvalue weighted by atomic mass is 10.00. The summed E-state index contributed by atoms with van der Waals surface area (Å²) in [6.07, 6.45) is 0.301. The van der Waals surface area contributed by atoms with Crippen LogP contribution in [-0.4, -0.2) is 22.9 Å². The molecule has 0 radical (unpaired) electrons. The third-order valence-corrected chi connectivity index (χ3v) is 3.00. The van der Waals surface area contributed by atoms with E-state index in [2.05, 4.69) is 0 Å². The van der Waals surface area contributed by atoms with E-state index < -0.39 is 11.9 Å². The van der Waals surface area contributed by atoms with Crippen molar-refractivity contribution in [2.24, 2.45) is 0 Å². The molecule has 0 unspecified atom stereocenters. The number of hydrogen-bond donors (Lipinski definition) is 2. The van der Waals surface area contributed by atoms with Gasteiger partial charge in [0.15, 0.2) is 0 Å². The number of rotatable bonds is 3. The van der Waals surface area contributed by atoms with E-state index in [9.17, 15) is 14.4 Å². The molecule has 19 heavy (non-hydrogen) atoms. The first-order valence-corrected chi connectivity index (χ1v) is 5.95. The van der Waals surface area contributed by atoms with Gasteiger partial charge in [0.1, 0.15) is 0 Å². The zero-order valence-corrected chi connectivity index (χ0v) is 10.3. The maximum atomic E-state index is 12.0. The lowest BCUT2D eigenvalue weighted by molar-refractivity contribution is -0.139. The average molecular weight is 262 g/mol. The van der Waals surface area contributed by atoms with Crippen LogP contribution < -0.4 is 10.6 Å². The van der Waals surface area contributed by atoms with E-state index in [-0.39, 0.29) is 25.2 Å². The van der Waals surface area contributed by atoms with Gasteiger partial charge in [-0.1, -0.05) is 0 Å². The summed E-state index contributed by atoms with van der Waals surface area (Å²) in [5, 5.41) is 8.59. The fourth-order valence-electron chi connectivity index (χ4n) is 2.11. The molecule has 2 rings (SSSR count). The fraction of sp³-hybridized carbons (Fsp3) is 0.308. The molecule has 3 N–H and O–H groups in total. The van der Waals surface area contributed by atoms with Gasteiger partial charge in [0.2, 0.25) is 11.8 Å². The Balaban J connectivity index is 2.27. The van der Waals surface area contributed by atoms with Gasteiger partial charge in [-0.3, -0.25) is 19.3 Å². The van der Waals surface area contributed by atoms with Crippen LogP contribution in [0, 0.1) is 0 Å². The second-order valence-corrected chi connectivity index (χ2v) is 4.40. The van der Waals surface area contributed by atoms with E-state index >= 15 is 0 Å². The number of nitrogens with zero attached hydrogens (tertiary/aromatic N) is 1. The molecule has 0 spiro atoms. The smallest absolute Gasteiger partial charge is 0.303 e. The minimum absolute atomic E-state index is 0.190. The highest BCUT2D eigenvalue weighted by Gasteiger charge is 2.29. The Morgan fingerprint density at radius 1 is 1.26 bits per heavy atom. The SMILES string of the molecule is Nc1ccc2c(c1)CCC(=O)N2C(=O)CCC(=O)O. The predicted molar refractivity (Wildman–Crippen MR) is 68.5 cm³/mol. The molecule has 0 bridgehead atoms. The number of amides is 2. The number of anilines is 2. The summed E-state index contributed by atoms with van der Waals surface area (Å²) in [6, 6.07) is 4.98. The average Bonchev–Trinajstić information content (AvgIpc) is 2.36. The van der Waals surface area contributed by atoms with Gasteiger partial charge in [0.05, 0.1) is 12.1 Å². The number of carboxylic acid groups (broad SMARTS) is 1. The van der Waals surface area contributed by atoms with Gasteiger partial charge < -0.3 is 10.8 Å². The van der Waals surface area contributed by atoms with Crippen LogP contribution in [0.25, 0.3) is 0 Å². The first-order chi connectivity index (χ1) is 8.99. The maximum absolute atomic E-state index is 12.0. The minimum atomic E-state index is -1.06. The van der Waals surface area contributed by atoms with Crippen LogP contribution >= 0.6 is 0 Å². The van der Waals surface area contributed by atoms with Crippen LogP contribution in [0.3, 0.4) is 0 Å². The van der Waals surface area contributed by atoms with E-state index in [1.54, 1.807) is 18.2 Å². The van der Waals surface area contributed by atoms with Crippen molar-refractivity contribution in [2.75, 3.05) is 10.6 Å². The molecule has 1 heterocycles. The van der Waals surface area contributed by atoms with Crippen molar-refractivity contribution in [3.05, 3.63) is 23.8 Å². The monoisotopic (exact) mass is 262 g/mol. The molecular weight excluding hydrogens is 248 g/mol. The highest BCUT2D eigenvalue weighted by Crippen LogP contribution is 2.30. The number of hydrogen-bond acceptors (Lipinski definition) is 4. The van der Waals surface area contributed by atoms with Gasteiger partial charge in [0.25, 0.3) is 0 Å². The first-order valence-electron chi connectivity index (χ1n) is 5.95. The van der Waals surface area contributed by atoms with E-state index in [1.165, 1.54) is 0 Å². The van der Waals surface area contributed by atoms with Crippen LogP contribution in [-0.2, 0) is 20.8 Å². The van der Waals surface area contributed by atoms with Gasteiger partial charge in [0, 0.05) is 18.5 Å². The standard InChI is InChI=1S/C13H14N2O4/c14-9-2-3-10-8(7-9)1-4-11(16)15(10)12(17)5-6-13(18)19/h2-3,7H,1,4-6,14H2,(H,18,19). The number of carbonyl (C=O) groups is 3. The fourth-order valence-corrected chi connectivity index (χ4v) is 2.11. The third-order valence-electron chi connectivity index (χ3n) is 3.00. The summed E-state index contributed by atoms with van der Waals surface area (Å²) >= 11 is 0. The lowest BCUT2D eigenvalue weighted by Crippen LogP contribution is -2.40. The number of aryl methyl sites for hydroxylation is 1. The molecule has 1 aliphatic heterocycles. The Labute approximate surface area is 109 Å². The normalized spacial score (nSPS) is 14.1. The molecule has 2 amide bonds. The van der Waals surface area contributed by atoms with E-state index in [0.29, 0.717) is 17.8 Å². The van der Waals surface area contributed by atoms with Gasteiger partial charge in [-0.25, -0.2) is 0 Å². The Bertz CT molecular complexity index is 554. The van der Waals surface area contributed by atoms with Crippen LogP contribution in [0.2, 0.25) is 0 Å². The number of benzene rings is 1. The number of nitrogen functional groups attached to an aromatic ring is 1. The molecule has 0 saturated carbocycles. The molecule has 0 atom stereocenters. The molecule has 1 aromatic carbocycles. The first kappa shape index (κ1) is 13.1. The molecule has 0 fully saturated rings. The molecule has 1 aromatic rings. The van der Waals surface area contributed by atoms with Crippen molar-refractivity contribution in [1.82, 2.24) is 0 Å². The Kier molecular flexibility index (Phi) is 3.50. The van der Waals surface area contributed by atoms with Crippen molar-refractivity contribution in [1.29, 1.82) is 0 Å². The number of imide groups is 1. The molecule has 0 saturated heterocycles. The Hall–Kier alpha value is -2.37. The van der Waals surface area contributed by atoms with Gasteiger partial charge in [-0.2, -0.15) is 0 Å². The largest absolute Gasteiger partial charge is 0.481 e. The second kappa shape index (κ2) is 5.09. The summed E-state index contributed by atoms with van der Waals surface area (Å²) in [7, 11) is 0. The highest BCUT2D eigenvalue weighted by atomic mass is 16.4. The summed E-state index contributed by atoms with van der Waals surface area (Å²) < 4.78 is 0. The molecule has 0 aliphatic carbocycles. The molecule has 0 aromatic heterocycles. The Morgan fingerprint density at radius 3 is 2.68 bits per heavy atom. The van der Waals surface area contributed by atoms with Crippen LogP contribution in [0.15, 0.2) is 18.2 Å². The van der Waals surface area contributed by atoms with Crippen molar-refractivity contribution in [2.45, 2.75) is 25.7 Å². The third kappa shape index (κ3) is 2.73. The van der Waals surface area contributed by atoms with Crippen molar-refractivity contribution >= 4 is 29.2 Å². The predicted octanol–water partition coefficient (Wildman–Crippen LogP) is 0.939. The zero-order chi connectivity index (χ0) is 14.0. The number of carbonyl (C=O) groups excluding carboxylic acids is 2. The zero-order valence-electron chi connectivity index (χ0n) is 10.3. The van der Waals surface area contributed by atoms with Gasteiger partial charge >= 0.3 is 5.97 Å². The van der Waals surface area contributed by atoms with Gasteiger partial charge in [-0.15, -0.1) is 0 Å². The quantitative estimate of drug-likeness (QED) is 0.789. The van der Waals surface area contributed by atoms with Gasteiger partial charge in [-0.05, 0) is 30.2 Å². The summed E-state index contributed by atoms with van der Waals surface area (Å²) in [5.74, 6) is -1.85. The lowest BCUT2D eigenvalue weighted by Gasteiger charge is -2.27. The van der Waals surface area contributed by atoms with E-state index in [0.717, 1.165) is 10.5 Å². The van der Waals surface area contributed by atoms with E-state index in [4.69, 9.17) is 10.8 Å². The summed E-state index contributed by atoms with van der Waals surface area (Å²) in [6.45, 7) is 0. The number of nitrogens with two attached hydrogens (primary N) is 1. The summed E-state index contributed by atoms with van der Waals surface area (Å²) in [5.41, 5.74) is 7.60. The minimum Gasteiger partial charge on any atom is -0.481 e. The highest BCUT2D eigenvalue weighted by molar-refractivity contribution is 6.16. The Morgan fingerprint density at radius 2 is 2.00 bits per heavy atom. The molecule has 6 nitrogen and oxygen atoms in total. The van der Waals surface area contributed by atoms with Crippen molar-refractivity contribution < 1.29 is 19.5 Å². The van der Waals surface area contributed by atoms with E-state index in [1.807, 2.05) is 0 Å². The van der Waals surface area contributed by atoms with Crippen LogP contribution in [0.5, 0.6) is 0 Å². The number of aliphatic carboxylic acids is 1. The molecule has 6 heteroatoms. The van der Waals surface area contributed by atoms with Crippen LogP contribution in [0.1, 0.15) is 24.8 Å². The van der Waals surface area contributed by atoms with Crippen LogP contribution in [0.4, 0.5) is 11.4 Å².